The molecular weight excluding hydrogens is 404 g/mol. The summed E-state index contributed by atoms with van der Waals surface area (Å²) in [5.74, 6) is 2.56. The number of piperidine rings is 2. The van der Waals surface area contributed by atoms with Gasteiger partial charge in [0.05, 0.1) is 0 Å². The van der Waals surface area contributed by atoms with E-state index in [4.69, 9.17) is 0 Å². The van der Waals surface area contributed by atoms with Crippen LogP contribution in [0.1, 0.15) is 48.6 Å². The van der Waals surface area contributed by atoms with E-state index < -0.39 is 0 Å². The second-order valence-electron chi connectivity index (χ2n) is 8.72. The summed E-state index contributed by atoms with van der Waals surface area (Å²) in [7, 11) is 4.11. The van der Waals surface area contributed by atoms with Crippen LogP contribution in [0.3, 0.4) is 0 Å². The second-order valence-corrected chi connectivity index (χ2v) is 9.70. The summed E-state index contributed by atoms with van der Waals surface area (Å²) in [6, 6.07) is 9.25. The molecule has 2 atom stereocenters. The number of aliphatic imine (C=N–C) groups is 1. The van der Waals surface area contributed by atoms with Crippen molar-refractivity contribution in [2.45, 2.75) is 44.7 Å². The Morgan fingerprint density at radius 1 is 1.16 bits per heavy atom. The largest absolute Gasteiger partial charge is 0.357 e. The van der Waals surface area contributed by atoms with Gasteiger partial charge in [-0.2, -0.15) is 0 Å². The van der Waals surface area contributed by atoms with Crippen molar-refractivity contribution in [3.63, 3.8) is 0 Å². The predicted molar refractivity (Wildman–Crippen MR) is 131 cm³/mol. The van der Waals surface area contributed by atoms with Crippen molar-refractivity contribution in [2.75, 3.05) is 45.2 Å². The smallest absolute Gasteiger partial charge is 0.191 e. The predicted octanol–water partition coefficient (Wildman–Crippen LogP) is 3.88. The number of likely N-dealkylation sites (tertiary alicyclic amines) is 1. The maximum atomic E-state index is 4.60. The topological polar surface area (TPSA) is 55.8 Å². The number of nitrogens with zero attached hydrogens (tertiary/aromatic N) is 4. The van der Waals surface area contributed by atoms with E-state index in [9.17, 15) is 0 Å². The van der Waals surface area contributed by atoms with Gasteiger partial charge in [0, 0.05) is 50.3 Å². The summed E-state index contributed by atoms with van der Waals surface area (Å²) in [6.07, 6.45) is 8.31. The van der Waals surface area contributed by atoms with E-state index in [-0.39, 0.29) is 0 Å². The van der Waals surface area contributed by atoms with Gasteiger partial charge in [-0.25, -0.2) is 4.98 Å². The van der Waals surface area contributed by atoms with Crippen molar-refractivity contribution in [1.82, 2.24) is 20.5 Å². The van der Waals surface area contributed by atoms with Gasteiger partial charge in [0.1, 0.15) is 5.82 Å². The zero-order valence-electron chi connectivity index (χ0n) is 18.9. The number of guanidine groups is 1. The van der Waals surface area contributed by atoms with Gasteiger partial charge in [0.2, 0.25) is 0 Å². The summed E-state index contributed by atoms with van der Waals surface area (Å²) in [5, 5.41) is 9.28. The molecule has 0 amide bonds. The molecule has 0 spiro atoms. The lowest BCUT2D eigenvalue weighted by atomic mass is 9.88. The average molecular weight is 441 g/mol. The minimum absolute atomic E-state index is 0.492. The van der Waals surface area contributed by atoms with Crippen molar-refractivity contribution < 1.29 is 0 Å². The molecule has 7 heteroatoms. The summed E-state index contributed by atoms with van der Waals surface area (Å²) in [4.78, 5) is 15.4. The van der Waals surface area contributed by atoms with Crippen LogP contribution in [0.4, 0.5) is 5.82 Å². The van der Waals surface area contributed by atoms with Gasteiger partial charge in [-0.05, 0) is 80.8 Å². The lowest BCUT2D eigenvalue weighted by molar-refractivity contribution is 0.125. The van der Waals surface area contributed by atoms with E-state index in [1.165, 1.54) is 49.1 Å². The first-order valence-corrected chi connectivity index (χ1v) is 12.5. The molecule has 2 aromatic heterocycles. The van der Waals surface area contributed by atoms with Gasteiger partial charge < -0.3 is 15.5 Å². The molecule has 31 heavy (non-hydrogen) atoms. The van der Waals surface area contributed by atoms with Crippen molar-refractivity contribution in [3.05, 3.63) is 46.3 Å². The van der Waals surface area contributed by atoms with Gasteiger partial charge in [0.25, 0.3) is 0 Å². The molecule has 2 aliphatic rings. The molecule has 0 bridgehead atoms. The highest BCUT2D eigenvalue weighted by molar-refractivity contribution is 7.10. The summed E-state index contributed by atoms with van der Waals surface area (Å²) < 4.78 is 0. The molecule has 168 valence electrons. The lowest BCUT2D eigenvalue weighted by Gasteiger charge is -2.39. The number of hydrogen-bond donors (Lipinski definition) is 2. The molecule has 2 fully saturated rings. The van der Waals surface area contributed by atoms with Gasteiger partial charge in [0.15, 0.2) is 5.96 Å². The third-order valence-corrected chi connectivity index (χ3v) is 7.49. The van der Waals surface area contributed by atoms with Gasteiger partial charge in [-0.3, -0.25) is 9.89 Å². The van der Waals surface area contributed by atoms with Crippen LogP contribution in [0.2, 0.25) is 0 Å². The van der Waals surface area contributed by atoms with Crippen molar-refractivity contribution in [1.29, 1.82) is 0 Å². The van der Waals surface area contributed by atoms with Crippen LogP contribution >= 0.6 is 11.3 Å². The van der Waals surface area contributed by atoms with Gasteiger partial charge >= 0.3 is 0 Å². The quantitative estimate of drug-likeness (QED) is 0.527. The zero-order chi connectivity index (χ0) is 21.5. The van der Waals surface area contributed by atoms with E-state index in [0.29, 0.717) is 12.0 Å². The van der Waals surface area contributed by atoms with Gasteiger partial charge in [-0.1, -0.05) is 6.07 Å². The first-order valence-electron chi connectivity index (χ1n) is 11.6. The number of thiophene rings is 1. The number of hydrogen-bond acceptors (Lipinski definition) is 5. The highest BCUT2D eigenvalue weighted by atomic mass is 32.1. The van der Waals surface area contributed by atoms with Crippen molar-refractivity contribution >= 4 is 23.1 Å². The Labute approximate surface area is 190 Å². The number of anilines is 1. The fourth-order valence-electron chi connectivity index (χ4n) is 4.88. The Morgan fingerprint density at radius 2 is 2.03 bits per heavy atom. The summed E-state index contributed by atoms with van der Waals surface area (Å²) >= 11 is 1.87. The maximum absolute atomic E-state index is 4.60. The Hall–Kier alpha value is -2.12. The highest BCUT2D eigenvalue weighted by Gasteiger charge is 2.31. The molecule has 0 radical (unpaired) electrons. The minimum atomic E-state index is 0.492. The van der Waals surface area contributed by atoms with Crippen LogP contribution in [0.25, 0.3) is 0 Å². The van der Waals surface area contributed by atoms with E-state index in [0.717, 1.165) is 38.0 Å². The molecule has 2 saturated heterocycles. The molecule has 2 unspecified atom stereocenters. The van der Waals surface area contributed by atoms with Crippen LogP contribution in [-0.2, 0) is 6.54 Å². The molecule has 0 aliphatic carbocycles. The highest BCUT2D eigenvalue weighted by Crippen LogP contribution is 2.36. The molecule has 6 nitrogen and oxygen atoms in total. The fourth-order valence-corrected chi connectivity index (χ4v) is 5.87. The molecule has 2 aliphatic heterocycles. The normalized spacial score (nSPS) is 23.0. The van der Waals surface area contributed by atoms with Crippen molar-refractivity contribution in [2.24, 2.45) is 10.9 Å². The Bertz CT molecular complexity index is 830. The Balaban J connectivity index is 1.32. The number of rotatable bonds is 6. The second kappa shape index (κ2) is 11.0. The van der Waals surface area contributed by atoms with E-state index in [1.54, 1.807) is 0 Å². The first-order chi connectivity index (χ1) is 15.2. The molecule has 4 rings (SSSR count). The first kappa shape index (κ1) is 22.1. The van der Waals surface area contributed by atoms with Crippen molar-refractivity contribution in [3.8, 4) is 0 Å². The monoisotopic (exact) mass is 440 g/mol. The molecule has 4 heterocycles. The Kier molecular flexibility index (Phi) is 7.81. The van der Waals surface area contributed by atoms with Crippen LogP contribution in [0.5, 0.6) is 0 Å². The SMILES string of the molecule is CN=C(NCc1ccnc(N2CCCCC2)c1)NCC1CCCN(C)C1c1cccs1. The van der Waals surface area contributed by atoms with Crippen LogP contribution in [0.15, 0.2) is 40.8 Å². The zero-order valence-corrected chi connectivity index (χ0v) is 19.7. The van der Waals surface area contributed by atoms with Gasteiger partial charge in [-0.15, -0.1) is 11.3 Å². The number of pyridine rings is 1. The third-order valence-electron chi connectivity index (χ3n) is 6.55. The minimum Gasteiger partial charge on any atom is -0.357 e. The molecular formula is C24H36N6S. The number of nitrogens with one attached hydrogen (secondary N) is 2. The fraction of sp³-hybridized carbons (Fsp3) is 0.583. The molecule has 0 saturated carbocycles. The standard InChI is InChI=1S/C24H36N6S/c1-25-24(27-17-19-10-11-26-22(16-19)30-13-4-3-5-14-30)28-18-20-8-6-12-29(2)23(20)21-9-7-15-31-21/h7,9-11,15-16,20,23H,3-6,8,12-14,17-18H2,1-2H3,(H2,25,27,28). The lowest BCUT2D eigenvalue weighted by Crippen LogP contribution is -2.44. The molecule has 2 aromatic rings. The molecule has 2 N–H and O–H groups in total. The third kappa shape index (κ3) is 5.77. The van der Waals surface area contributed by atoms with E-state index >= 15 is 0 Å². The molecule has 0 aromatic carbocycles. The van der Waals surface area contributed by atoms with Crippen LogP contribution in [0, 0.1) is 5.92 Å². The number of aromatic nitrogens is 1. The summed E-state index contributed by atoms with van der Waals surface area (Å²) in [6.45, 7) is 5.10. The van der Waals surface area contributed by atoms with E-state index in [2.05, 4.69) is 67.1 Å². The Morgan fingerprint density at radius 3 is 2.81 bits per heavy atom. The summed E-state index contributed by atoms with van der Waals surface area (Å²) in [5.41, 5.74) is 1.24. The maximum Gasteiger partial charge on any atom is 0.191 e. The van der Waals surface area contributed by atoms with E-state index in [1.807, 2.05) is 24.6 Å². The van der Waals surface area contributed by atoms with Crippen LogP contribution < -0.4 is 15.5 Å². The van der Waals surface area contributed by atoms with Crippen LogP contribution in [-0.4, -0.2) is 56.1 Å². The average Bonchev–Trinajstić information content (AvgIpc) is 3.34.